The van der Waals surface area contributed by atoms with Crippen molar-refractivity contribution in [1.82, 2.24) is 9.80 Å². The number of carbonyl (C=O) groups is 2. The largest absolute Gasteiger partial charge is 0.480 e. The van der Waals surface area contributed by atoms with Crippen molar-refractivity contribution < 1.29 is 24.2 Å². The van der Waals surface area contributed by atoms with Gasteiger partial charge < -0.3 is 15.1 Å². The van der Waals surface area contributed by atoms with Gasteiger partial charge in [0.05, 0.1) is 12.0 Å². The third kappa shape index (κ3) is 3.46. The molecule has 6 nitrogen and oxygen atoms in total. The number of rotatable bonds is 4. The summed E-state index contributed by atoms with van der Waals surface area (Å²) in [6, 6.07) is 5.51. The number of halogens is 1. The first-order chi connectivity index (χ1) is 12.8. The number of piperidine rings is 1. The maximum atomic E-state index is 13.4. The van der Waals surface area contributed by atoms with E-state index in [0.29, 0.717) is 32.4 Å². The average molecular weight is 378 g/mol. The van der Waals surface area contributed by atoms with E-state index in [9.17, 15) is 24.2 Å². The van der Waals surface area contributed by atoms with Gasteiger partial charge in [-0.3, -0.25) is 14.5 Å². The molecule has 1 amide bonds. The zero-order valence-electron chi connectivity index (χ0n) is 15.8. The Kier molecular flexibility index (Phi) is 5.53. The van der Waals surface area contributed by atoms with Crippen molar-refractivity contribution in [1.29, 1.82) is 0 Å². The molecule has 0 saturated carbocycles. The van der Waals surface area contributed by atoms with Crippen molar-refractivity contribution in [2.45, 2.75) is 50.3 Å². The molecule has 0 radical (unpaired) electrons. The summed E-state index contributed by atoms with van der Waals surface area (Å²) < 4.78 is 13.4. The molecule has 3 rings (SSSR count). The molecule has 0 bridgehead atoms. The Balaban J connectivity index is 1.96. The van der Waals surface area contributed by atoms with E-state index in [0.717, 1.165) is 5.56 Å². The van der Waals surface area contributed by atoms with Gasteiger partial charge >= 0.3 is 5.97 Å². The lowest BCUT2D eigenvalue weighted by molar-refractivity contribution is -0.150. The molecule has 0 spiro atoms. The number of nitrogens with zero attached hydrogens (tertiary/aromatic N) is 2. The number of aliphatic hydroxyl groups excluding tert-OH is 1. The molecular weight excluding hydrogens is 351 g/mol. The SMILES string of the molecule is CC[C@]1(C(=O)O)C[C@@H](C(=O)N2CCC(O)CC2)[C@@H](c2ccc(F)cc2)N1C. The molecule has 7 heteroatoms. The molecule has 0 aromatic heterocycles. The lowest BCUT2D eigenvalue weighted by atomic mass is 9.86. The lowest BCUT2D eigenvalue weighted by Gasteiger charge is -2.35. The third-order valence-corrected chi connectivity index (χ3v) is 6.32. The van der Waals surface area contributed by atoms with E-state index in [-0.39, 0.29) is 24.2 Å². The normalized spacial score (nSPS) is 29.9. The molecule has 2 aliphatic heterocycles. The van der Waals surface area contributed by atoms with E-state index in [1.54, 1.807) is 29.0 Å². The number of likely N-dealkylation sites (tertiary alicyclic amines) is 2. The summed E-state index contributed by atoms with van der Waals surface area (Å²) in [6.07, 6.45) is 1.27. The number of hydrogen-bond acceptors (Lipinski definition) is 4. The number of amides is 1. The highest BCUT2D eigenvalue weighted by molar-refractivity contribution is 5.85. The molecule has 148 valence electrons. The first-order valence-electron chi connectivity index (χ1n) is 9.49. The van der Waals surface area contributed by atoms with Gasteiger partial charge in [-0.1, -0.05) is 19.1 Å². The van der Waals surface area contributed by atoms with Gasteiger partial charge in [-0.25, -0.2) is 4.39 Å². The summed E-state index contributed by atoms with van der Waals surface area (Å²) in [5.41, 5.74) is -0.389. The van der Waals surface area contributed by atoms with E-state index in [1.807, 2.05) is 6.92 Å². The second kappa shape index (κ2) is 7.56. The summed E-state index contributed by atoms with van der Waals surface area (Å²) in [5.74, 6) is -1.91. The van der Waals surface area contributed by atoms with Gasteiger partial charge in [-0.2, -0.15) is 0 Å². The van der Waals surface area contributed by atoms with Gasteiger partial charge in [0, 0.05) is 19.1 Å². The van der Waals surface area contributed by atoms with Gasteiger partial charge in [0.2, 0.25) is 5.91 Å². The van der Waals surface area contributed by atoms with Crippen LogP contribution in [0.3, 0.4) is 0 Å². The highest BCUT2D eigenvalue weighted by atomic mass is 19.1. The second-order valence-electron chi connectivity index (χ2n) is 7.66. The fourth-order valence-corrected chi connectivity index (χ4v) is 4.60. The standard InChI is InChI=1S/C20H27FN2O4/c1-3-20(19(26)27)12-16(18(25)23-10-8-15(24)9-11-23)17(22(20)2)13-4-6-14(21)7-5-13/h4-7,15-17,24H,3,8-12H2,1-2H3,(H,26,27)/t16-,17-,20-/m1/s1. The summed E-state index contributed by atoms with van der Waals surface area (Å²) in [4.78, 5) is 28.9. The Morgan fingerprint density at radius 2 is 1.81 bits per heavy atom. The molecule has 2 N–H and O–H groups in total. The van der Waals surface area contributed by atoms with Crippen LogP contribution in [-0.2, 0) is 9.59 Å². The van der Waals surface area contributed by atoms with Gasteiger partial charge in [0.25, 0.3) is 0 Å². The summed E-state index contributed by atoms with van der Waals surface area (Å²) >= 11 is 0. The first kappa shape index (κ1) is 19.8. The zero-order chi connectivity index (χ0) is 19.8. The van der Waals surface area contributed by atoms with E-state index in [2.05, 4.69) is 0 Å². The molecule has 2 fully saturated rings. The van der Waals surface area contributed by atoms with Crippen LogP contribution in [0.4, 0.5) is 4.39 Å². The van der Waals surface area contributed by atoms with Crippen molar-refractivity contribution in [2.24, 2.45) is 5.92 Å². The van der Waals surface area contributed by atoms with Crippen molar-refractivity contribution in [3.8, 4) is 0 Å². The minimum absolute atomic E-state index is 0.0837. The number of carbonyl (C=O) groups excluding carboxylic acids is 1. The number of likely N-dealkylation sites (N-methyl/N-ethyl adjacent to an activating group) is 1. The predicted molar refractivity (Wildman–Crippen MR) is 97.5 cm³/mol. The number of hydrogen-bond donors (Lipinski definition) is 2. The first-order valence-corrected chi connectivity index (χ1v) is 9.49. The Labute approximate surface area is 158 Å². The molecular formula is C20H27FN2O4. The second-order valence-corrected chi connectivity index (χ2v) is 7.66. The van der Waals surface area contributed by atoms with Gasteiger partial charge in [0.15, 0.2) is 0 Å². The quantitative estimate of drug-likeness (QED) is 0.838. The van der Waals surface area contributed by atoms with Crippen LogP contribution < -0.4 is 0 Å². The highest BCUT2D eigenvalue weighted by Crippen LogP contribution is 2.48. The minimum atomic E-state index is -1.13. The monoisotopic (exact) mass is 378 g/mol. The number of benzene rings is 1. The van der Waals surface area contributed by atoms with Crippen LogP contribution in [0.25, 0.3) is 0 Å². The third-order valence-electron chi connectivity index (χ3n) is 6.32. The number of aliphatic hydroxyl groups is 1. The van der Waals surface area contributed by atoms with E-state index < -0.39 is 23.5 Å². The van der Waals surface area contributed by atoms with Crippen molar-refractivity contribution in [2.75, 3.05) is 20.1 Å². The van der Waals surface area contributed by atoms with Crippen LogP contribution in [0.1, 0.15) is 44.2 Å². The summed E-state index contributed by atoms with van der Waals surface area (Å²) in [6.45, 7) is 2.77. The smallest absolute Gasteiger partial charge is 0.324 e. The average Bonchev–Trinajstić information content (AvgIpc) is 2.96. The maximum Gasteiger partial charge on any atom is 0.324 e. The molecule has 2 heterocycles. The molecule has 0 aliphatic carbocycles. The molecule has 0 unspecified atom stereocenters. The highest BCUT2D eigenvalue weighted by Gasteiger charge is 2.56. The van der Waals surface area contributed by atoms with Crippen molar-refractivity contribution >= 4 is 11.9 Å². The maximum absolute atomic E-state index is 13.4. The van der Waals surface area contributed by atoms with E-state index in [1.165, 1.54) is 12.1 Å². The van der Waals surface area contributed by atoms with E-state index >= 15 is 0 Å². The van der Waals surface area contributed by atoms with E-state index in [4.69, 9.17) is 0 Å². The number of carboxylic acid groups (broad SMARTS) is 1. The fraction of sp³-hybridized carbons (Fsp3) is 0.600. The van der Waals surface area contributed by atoms with Crippen LogP contribution in [-0.4, -0.2) is 63.7 Å². The van der Waals surface area contributed by atoms with Crippen LogP contribution >= 0.6 is 0 Å². The van der Waals surface area contributed by atoms with Crippen LogP contribution in [0.5, 0.6) is 0 Å². The van der Waals surface area contributed by atoms with Gasteiger partial charge in [-0.05, 0) is 50.4 Å². The van der Waals surface area contributed by atoms with Crippen LogP contribution in [0.15, 0.2) is 24.3 Å². The van der Waals surface area contributed by atoms with Crippen LogP contribution in [0.2, 0.25) is 0 Å². The predicted octanol–water partition coefficient (Wildman–Crippen LogP) is 2.04. The zero-order valence-corrected chi connectivity index (χ0v) is 15.8. The van der Waals surface area contributed by atoms with Crippen LogP contribution in [0, 0.1) is 11.7 Å². The molecule has 27 heavy (non-hydrogen) atoms. The lowest BCUT2D eigenvalue weighted by Crippen LogP contribution is -2.48. The Hall–Kier alpha value is -1.99. The Morgan fingerprint density at radius 3 is 2.33 bits per heavy atom. The molecule has 1 aromatic rings. The number of carboxylic acids is 1. The minimum Gasteiger partial charge on any atom is -0.480 e. The molecule has 2 aliphatic rings. The summed E-state index contributed by atoms with van der Waals surface area (Å²) in [7, 11) is 1.74. The fourth-order valence-electron chi connectivity index (χ4n) is 4.60. The van der Waals surface area contributed by atoms with Gasteiger partial charge in [-0.15, -0.1) is 0 Å². The molecule has 2 saturated heterocycles. The Bertz CT molecular complexity index is 702. The molecule has 1 aromatic carbocycles. The molecule has 3 atom stereocenters. The topological polar surface area (TPSA) is 81.1 Å². The van der Waals surface area contributed by atoms with Crippen molar-refractivity contribution in [3.63, 3.8) is 0 Å². The number of aliphatic carboxylic acids is 1. The Morgan fingerprint density at radius 1 is 1.22 bits per heavy atom. The summed E-state index contributed by atoms with van der Waals surface area (Å²) in [5, 5.41) is 19.6. The van der Waals surface area contributed by atoms with Gasteiger partial charge in [0.1, 0.15) is 11.4 Å². The van der Waals surface area contributed by atoms with Crippen molar-refractivity contribution in [3.05, 3.63) is 35.6 Å².